The lowest BCUT2D eigenvalue weighted by Gasteiger charge is -2.45. The van der Waals surface area contributed by atoms with Gasteiger partial charge in [-0.15, -0.1) is 5.10 Å². The van der Waals surface area contributed by atoms with Crippen LogP contribution in [0.1, 0.15) is 58.5 Å². The van der Waals surface area contributed by atoms with Crippen LogP contribution in [-0.4, -0.2) is 36.7 Å². The average molecular weight is 528 g/mol. The number of carbonyl (C=O) groups excluding carboxylic acids is 1. The van der Waals surface area contributed by atoms with E-state index >= 15 is 0 Å². The van der Waals surface area contributed by atoms with Gasteiger partial charge in [0.25, 0.3) is 5.91 Å². The van der Waals surface area contributed by atoms with E-state index in [4.69, 9.17) is 5.26 Å². The van der Waals surface area contributed by atoms with Crippen molar-refractivity contribution in [2.75, 3.05) is 0 Å². The summed E-state index contributed by atoms with van der Waals surface area (Å²) in [6.07, 6.45) is 2.46. The summed E-state index contributed by atoms with van der Waals surface area (Å²) in [6, 6.07) is 11.0. The van der Waals surface area contributed by atoms with E-state index in [2.05, 4.69) is 15.1 Å². The number of nitriles is 1. The summed E-state index contributed by atoms with van der Waals surface area (Å²) in [4.78, 5) is 20.7. The summed E-state index contributed by atoms with van der Waals surface area (Å²) in [5.41, 5.74) is -11.9. The van der Waals surface area contributed by atoms with Crippen LogP contribution in [0.5, 0.6) is 0 Å². The third-order valence-electron chi connectivity index (χ3n) is 5.60. The Morgan fingerprint density at radius 3 is 2.25 bits per heavy atom. The first-order chi connectivity index (χ1) is 16.9. The zero-order valence-electron chi connectivity index (χ0n) is 18.5. The van der Waals surface area contributed by atoms with E-state index in [1.165, 1.54) is 41.3 Å². The van der Waals surface area contributed by atoms with Gasteiger partial charge in [0, 0.05) is 27.9 Å². The first kappa shape index (κ1) is 25.5. The third kappa shape index (κ3) is 4.50. The van der Waals surface area contributed by atoms with Crippen molar-refractivity contribution in [3.8, 4) is 11.9 Å². The Balaban J connectivity index is 1.83. The van der Waals surface area contributed by atoms with Gasteiger partial charge in [0.1, 0.15) is 11.9 Å². The molecule has 1 atom stereocenters. The highest BCUT2D eigenvalue weighted by Crippen LogP contribution is 2.76. The van der Waals surface area contributed by atoms with Gasteiger partial charge in [0.15, 0.2) is 11.6 Å². The van der Waals surface area contributed by atoms with Crippen molar-refractivity contribution in [1.82, 2.24) is 24.5 Å². The zero-order valence-corrected chi connectivity index (χ0v) is 19.3. The number of hydrogen-bond donors (Lipinski definition) is 1. The minimum Gasteiger partial charge on any atom is -0.299 e. The quantitative estimate of drug-likeness (QED) is 0.417. The van der Waals surface area contributed by atoms with Crippen LogP contribution >= 0.6 is 10.2 Å². The molecule has 7 nitrogen and oxygen atoms in total. The number of nitrogens with one attached hydrogen (secondary N) is 1. The smallest absolute Gasteiger partial charge is 0.299 e. The van der Waals surface area contributed by atoms with Crippen molar-refractivity contribution >= 4 is 16.1 Å². The summed E-state index contributed by atoms with van der Waals surface area (Å²) in [7, 11) is -5.91. The van der Waals surface area contributed by atoms with Crippen molar-refractivity contribution in [2.24, 2.45) is 0 Å². The molecule has 1 aromatic carbocycles. The molecule has 1 fully saturated rings. The standard InChI is InChI=1S/C22H18F6N6OS/c1-13(18-31-19(15-8-9-15)34(32-18)17-10-7-14(11-29)12-30-17)36(21(23,24)25,22(26,27)28)33-20(35)16-5-3-2-4-6-16/h2-7,10,12-13,15H,8-9H2,1H3,(H,33,35). The number of carbonyl (C=O) groups is 1. The number of benzene rings is 1. The molecule has 1 aliphatic rings. The molecule has 0 saturated heterocycles. The van der Waals surface area contributed by atoms with Crippen molar-refractivity contribution < 1.29 is 31.1 Å². The van der Waals surface area contributed by atoms with Gasteiger partial charge in [0.2, 0.25) is 0 Å². The molecule has 1 N–H and O–H groups in total. The van der Waals surface area contributed by atoms with Crippen molar-refractivity contribution in [1.29, 1.82) is 5.26 Å². The number of rotatable bonds is 6. The van der Waals surface area contributed by atoms with Crippen LogP contribution in [0.4, 0.5) is 26.3 Å². The SMILES string of the molecule is CC(c1nc(C2CC2)n(-c2ccc(C#N)cn2)n1)S(NC(=O)c1ccccc1)(C(F)(F)F)C(F)(F)F. The van der Waals surface area contributed by atoms with E-state index in [-0.39, 0.29) is 28.7 Å². The topological polar surface area (TPSA) is 96.5 Å². The number of alkyl halides is 6. The van der Waals surface area contributed by atoms with Gasteiger partial charge in [-0.3, -0.25) is 9.52 Å². The lowest BCUT2D eigenvalue weighted by molar-refractivity contribution is -0.0827. The van der Waals surface area contributed by atoms with Gasteiger partial charge >= 0.3 is 11.0 Å². The van der Waals surface area contributed by atoms with Crippen LogP contribution in [0.15, 0.2) is 48.7 Å². The molecule has 190 valence electrons. The average Bonchev–Trinajstić information content (AvgIpc) is 3.59. The van der Waals surface area contributed by atoms with E-state index in [0.717, 1.165) is 16.8 Å². The van der Waals surface area contributed by atoms with Gasteiger partial charge < -0.3 is 0 Å². The molecule has 0 spiro atoms. The molecule has 0 aliphatic heterocycles. The Labute approximate surface area is 202 Å². The lowest BCUT2D eigenvalue weighted by atomic mass is 10.2. The number of aromatic nitrogens is 4. The zero-order chi connectivity index (χ0) is 26.3. The highest BCUT2D eigenvalue weighted by Gasteiger charge is 2.70. The predicted octanol–water partition coefficient (Wildman–Crippen LogP) is 5.66. The van der Waals surface area contributed by atoms with Crippen LogP contribution in [-0.2, 0) is 0 Å². The van der Waals surface area contributed by atoms with Gasteiger partial charge in [-0.25, -0.2) is 9.97 Å². The van der Waals surface area contributed by atoms with E-state index in [9.17, 15) is 31.1 Å². The van der Waals surface area contributed by atoms with Crippen molar-refractivity contribution in [3.05, 3.63) is 71.4 Å². The molecular formula is C22H18F6N6OS. The predicted molar refractivity (Wildman–Crippen MR) is 118 cm³/mol. The Bertz CT molecular complexity index is 1280. The second-order valence-corrected chi connectivity index (χ2v) is 11.2. The Kier molecular flexibility index (Phi) is 6.46. The lowest BCUT2D eigenvalue weighted by Crippen LogP contribution is -2.47. The fourth-order valence-electron chi connectivity index (χ4n) is 3.55. The monoisotopic (exact) mass is 528 g/mol. The highest BCUT2D eigenvalue weighted by atomic mass is 32.3. The molecule has 0 radical (unpaired) electrons. The first-order valence-corrected chi connectivity index (χ1v) is 12.2. The fraction of sp³-hybridized carbons (Fsp3) is 0.318. The molecule has 36 heavy (non-hydrogen) atoms. The van der Waals surface area contributed by atoms with Crippen LogP contribution in [0, 0.1) is 11.3 Å². The van der Waals surface area contributed by atoms with Gasteiger partial charge in [-0.1, -0.05) is 18.2 Å². The highest BCUT2D eigenvalue weighted by molar-refractivity contribution is 8.34. The molecule has 2 aromatic heterocycles. The Hall–Kier alpha value is -3.60. The van der Waals surface area contributed by atoms with E-state index in [1.807, 2.05) is 6.07 Å². The van der Waals surface area contributed by atoms with Gasteiger partial charge in [-0.05, 0) is 44.0 Å². The number of hydrogen-bond acceptors (Lipinski definition) is 5. The maximum atomic E-state index is 14.4. The van der Waals surface area contributed by atoms with Gasteiger partial charge in [0.05, 0.1) is 10.8 Å². The molecular weight excluding hydrogens is 510 g/mol. The van der Waals surface area contributed by atoms with Gasteiger partial charge in [-0.2, -0.15) is 36.3 Å². The minimum absolute atomic E-state index is 0.0924. The molecule has 1 aliphatic carbocycles. The molecule has 14 heteroatoms. The fourth-order valence-corrected chi connectivity index (χ4v) is 5.85. The van der Waals surface area contributed by atoms with Crippen molar-refractivity contribution in [2.45, 2.75) is 41.9 Å². The molecule has 1 unspecified atom stereocenters. The summed E-state index contributed by atoms with van der Waals surface area (Å²) >= 11 is 0. The second kappa shape index (κ2) is 9.12. The summed E-state index contributed by atoms with van der Waals surface area (Å²) in [5, 5.41) is 10.6. The maximum Gasteiger partial charge on any atom is 0.449 e. The second-order valence-electron chi connectivity index (χ2n) is 8.02. The summed E-state index contributed by atoms with van der Waals surface area (Å²) < 4.78 is 88.6. The number of pyridine rings is 1. The summed E-state index contributed by atoms with van der Waals surface area (Å²) in [5.74, 6) is -2.18. The normalized spacial score (nSPS) is 15.7. The molecule has 1 saturated carbocycles. The maximum absolute atomic E-state index is 14.4. The third-order valence-corrected chi connectivity index (χ3v) is 8.84. The van der Waals surface area contributed by atoms with Crippen LogP contribution < -0.4 is 4.72 Å². The van der Waals surface area contributed by atoms with Crippen LogP contribution in [0.3, 0.4) is 0 Å². The first-order valence-electron chi connectivity index (χ1n) is 10.5. The number of amides is 1. The van der Waals surface area contributed by atoms with E-state index in [1.54, 1.807) is 0 Å². The Morgan fingerprint density at radius 2 is 1.75 bits per heavy atom. The minimum atomic E-state index is -5.91. The van der Waals surface area contributed by atoms with Crippen LogP contribution in [0.25, 0.3) is 5.82 Å². The molecule has 1 amide bonds. The molecule has 0 bridgehead atoms. The molecule has 4 rings (SSSR count). The molecule has 2 heterocycles. The summed E-state index contributed by atoms with van der Waals surface area (Å²) in [6.45, 7) is 0.712. The largest absolute Gasteiger partial charge is 0.449 e. The van der Waals surface area contributed by atoms with Crippen LogP contribution in [0.2, 0.25) is 0 Å². The molecule has 3 aromatic rings. The van der Waals surface area contributed by atoms with Crippen molar-refractivity contribution in [3.63, 3.8) is 0 Å². The Morgan fingerprint density at radius 1 is 1.11 bits per heavy atom. The van der Waals surface area contributed by atoms with E-state index in [0.29, 0.717) is 19.8 Å². The number of nitrogens with zero attached hydrogens (tertiary/aromatic N) is 5. The van der Waals surface area contributed by atoms with E-state index < -0.39 is 38.2 Å². The number of halogens is 6.